The first-order valence-electron chi connectivity index (χ1n) is 43.7. The number of hydrogen-bond donors (Lipinski definition) is 15. The molecule has 0 saturated carbocycles. The van der Waals surface area contributed by atoms with E-state index in [0.717, 1.165) is 27.4 Å². The summed E-state index contributed by atoms with van der Waals surface area (Å²) in [7, 11) is 9.04. The number of benzene rings is 4. The summed E-state index contributed by atoms with van der Waals surface area (Å²) in [5, 5.41) is 31.0. The third-order valence-corrected chi connectivity index (χ3v) is 29.8. The molecule has 0 aliphatic carbocycles. The van der Waals surface area contributed by atoms with Crippen molar-refractivity contribution < 1.29 is 81.4 Å². The van der Waals surface area contributed by atoms with E-state index in [2.05, 4.69) is 94.2 Å². The van der Waals surface area contributed by atoms with Crippen molar-refractivity contribution in [3.05, 3.63) is 161 Å². The number of rotatable bonds is 43. The highest BCUT2D eigenvalue weighted by Crippen LogP contribution is 2.39. The molecule has 9 atom stereocenters. The zero-order chi connectivity index (χ0) is 98.9. The van der Waals surface area contributed by atoms with Gasteiger partial charge in [-0.1, -0.05) is 235 Å². The number of nitrogens with one attached hydrogen (secondary N) is 12. The molecular weight excluding hydrogens is 1840 g/mol. The molecule has 36 nitrogen and oxygen atoms in total. The normalized spacial score (nSPS) is 14.6. The minimum Gasteiger partial charge on any atom is -0.454 e. The smallest absolute Gasteiger partial charge is 0.253 e. The molecular formula is C92H125N19O17S6. The minimum atomic E-state index is -1.09. The summed E-state index contributed by atoms with van der Waals surface area (Å²) in [6, 6.07) is 23.7. The van der Waals surface area contributed by atoms with E-state index in [4.69, 9.17) is 31.7 Å². The van der Waals surface area contributed by atoms with Gasteiger partial charge in [-0.2, -0.15) is 0 Å². The summed E-state index contributed by atoms with van der Waals surface area (Å²) in [5.41, 5.74) is 20.7. The second kappa shape index (κ2) is 52.5. The van der Waals surface area contributed by atoms with Crippen LogP contribution in [0, 0.1) is 11.8 Å². The second-order valence-corrected chi connectivity index (χ2v) is 44.7. The molecule has 18 N–H and O–H groups in total. The largest absolute Gasteiger partial charge is 0.454 e. The number of H-pyrrole nitrogens is 1. The lowest BCUT2D eigenvalue weighted by molar-refractivity contribution is -0.140. The van der Waals surface area contributed by atoms with Crippen LogP contribution in [0.3, 0.4) is 0 Å². The molecule has 4 aromatic carbocycles. The molecule has 0 spiro atoms. The van der Waals surface area contributed by atoms with Crippen LogP contribution >= 0.6 is 64.8 Å². The molecule has 134 heavy (non-hydrogen) atoms. The number of ether oxygens (including phenoxy) is 2. The van der Waals surface area contributed by atoms with Gasteiger partial charge >= 0.3 is 0 Å². The lowest BCUT2D eigenvalue weighted by Crippen LogP contribution is -2.59. The summed E-state index contributed by atoms with van der Waals surface area (Å²) < 4.78 is 10.3. The van der Waals surface area contributed by atoms with E-state index in [1.807, 2.05) is 134 Å². The van der Waals surface area contributed by atoms with Crippen LogP contribution in [-0.2, 0) is 83.2 Å². The number of nitrogens with two attached hydrogens (primary N) is 3. The monoisotopic (exact) mass is 1960 g/mol. The zero-order valence-corrected chi connectivity index (χ0v) is 83.1. The van der Waals surface area contributed by atoms with Gasteiger partial charge in [-0.15, -0.1) is 0 Å². The number of carbonyl (C=O) groups excluding carboxylic acids is 15. The van der Waals surface area contributed by atoms with Crippen molar-refractivity contribution in [2.45, 2.75) is 218 Å². The molecule has 42 heteroatoms. The molecule has 1 fully saturated rings. The van der Waals surface area contributed by atoms with E-state index >= 15 is 0 Å². The van der Waals surface area contributed by atoms with Crippen LogP contribution in [0.5, 0.6) is 11.5 Å². The third-order valence-electron chi connectivity index (χ3n) is 19.8. The Kier molecular flexibility index (Phi) is 43.0. The number of pyridine rings is 2. The second-order valence-electron chi connectivity index (χ2n) is 35.2. The van der Waals surface area contributed by atoms with E-state index < -0.39 is 144 Å². The molecule has 5 heterocycles. The number of amides is 15. The summed E-state index contributed by atoms with van der Waals surface area (Å²) in [4.78, 5) is 212. The van der Waals surface area contributed by atoms with E-state index in [1.54, 1.807) is 73.5 Å². The maximum atomic E-state index is 14.2. The summed E-state index contributed by atoms with van der Waals surface area (Å²) in [5.74, 6) is -7.43. The van der Waals surface area contributed by atoms with Gasteiger partial charge in [-0.25, -0.2) is 4.98 Å². The fourth-order valence-corrected chi connectivity index (χ4v) is 20.5. The quantitative estimate of drug-likeness (QED) is 0.0179. The number of nitrogens with zero attached hydrogens (tertiary/aromatic N) is 4. The number of hydrogen-bond acceptors (Lipinski definition) is 26. The van der Waals surface area contributed by atoms with Gasteiger partial charge in [-0.3, -0.25) is 81.9 Å². The Balaban J connectivity index is 0.000000276. The fraction of sp³-hybridized carbons (Fsp3) is 0.478. The molecule has 0 radical (unpaired) electrons. The number of aromatic amines is 1. The molecule has 2 aliphatic rings. The maximum Gasteiger partial charge on any atom is 0.253 e. The average Bonchev–Trinajstić information content (AvgIpc) is 1.30. The first-order valence-corrected chi connectivity index (χ1v) is 50.7. The zero-order valence-electron chi connectivity index (χ0n) is 78.2. The Hall–Kier alpha value is -11.3. The molecule has 2 aliphatic heterocycles. The number of primary amides is 3. The summed E-state index contributed by atoms with van der Waals surface area (Å²) in [6.07, 6.45) is 5.21. The van der Waals surface area contributed by atoms with Gasteiger partial charge in [0.25, 0.3) is 17.7 Å². The maximum absolute atomic E-state index is 14.2. The number of aryl methyl sites for hydroxylation is 2. The van der Waals surface area contributed by atoms with Gasteiger partial charge in [0.05, 0.1) is 59.5 Å². The molecule has 0 bridgehead atoms. The number of fused-ring (bicyclic) bond motifs is 3. The van der Waals surface area contributed by atoms with Crippen molar-refractivity contribution in [3.8, 4) is 11.5 Å². The number of imidazole rings is 1. The Bertz CT molecular complexity index is 5270. The predicted molar refractivity (Wildman–Crippen MR) is 527 cm³/mol. The highest BCUT2D eigenvalue weighted by molar-refractivity contribution is 8.77. The minimum absolute atomic E-state index is 0.0496. The molecule has 7 aromatic rings. The average molecular weight is 1960 g/mol. The van der Waals surface area contributed by atoms with Crippen LogP contribution < -0.4 is 85.2 Å². The van der Waals surface area contributed by atoms with E-state index in [-0.39, 0.29) is 82.0 Å². The molecule has 1 saturated heterocycles. The van der Waals surface area contributed by atoms with Crippen LogP contribution in [0.25, 0.3) is 21.8 Å². The van der Waals surface area contributed by atoms with E-state index in [9.17, 15) is 71.9 Å². The van der Waals surface area contributed by atoms with Crippen molar-refractivity contribution in [3.63, 3.8) is 0 Å². The molecule has 9 rings (SSSR count). The first kappa shape index (κ1) is 110. The Morgan fingerprint density at radius 2 is 0.918 bits per heavy atom. The summed E-state index contributed by atoms with van der Waals surface area (Å²) in [6.45, 7) is 30.0. The van der Waals surface area contributed by atoms with Crippen LogP contribution in [-0.4, -0.2) is 232 Å². The van der Waals surface area contributed by atoms with Crippen molar-refractivity contribution in [2.24, 2.45) is 29.0 Å². The highest BCUT2D eigenvalue weighted by Gasteiger charge is 2.41. The Labute approximate surface area is 804 Å². The number of para-hydroxylation sites is 2. The first-order chi connectivity index (χ1) is 63.2. The van der Waals surface area contributed by atoms with E-state index in [1.165, 1.54) is 73.6 Å². The number of aromatic nitrogens is 4. The Morgan fingerprint density at radius 1 is 0.470 bits per heavy atom. The van der Waals surface area contributed by atoms with Gasteiger partial charge in [-0.05, 0) is 92.5 Å². The van der Waals surface area contributed by atoms with Crippen LogP contribution in [0.2, 0.25) is 0 Å². The van der Waals surface area contributed by atoms with Crippen LogP contribution in [0.4, 0.5) is 0 Å². The fourth-order valence-electron chi connectivity index (χ4n) is 13.2. The number of carbonyl (C=O) groups is 15. The lowest BCUT2D eigenvalue weighted by Gasteiger charge is -2.30. The molecule has 3 aromatic heterocycles. The van der Waals surface area contributed by atoms with Gasteiger partial charge in [0.15, 0.2) is 11.5 Å². The van der Waals surface area contributed by atoms with Gasteiger partial charge in [0.1, 0.15) is 54.4 Å². The van der Waals surface area contributed by atoms with Crippen molar-refractivity contribution in [2.75, 3.05) is 50.2 Å². The SMILES string of the molecule is CC(C)[C@H](NC(=O)c1ccc2c(c1)OCO2)C(=O)N[C@@H](CSSC(C)(C)C)C(=O)N[C@@H](C)C(=O)NCC(N)=O.CCc1nc2ccccc2cc1C(=O)N[C@@H](CSSC(C)(C)C)C(=O)N1CCC[C@H]1C(=O)N[C@@H](Cc1ccccc1)C(=O)NCC(N)=O.CCc1nc2ccccc2cc1C(=O)N[C@@H](CSSC(C)(C)C)C(=O)N[C@H](C(=O)N[C@@H](Cc1cnc[nH]1)C(=O)NCC(N)=O)C(C)C. The predicted octanol–water partition coefficient (Wildman–Crippen LogP) is 6.60. The molecule has 0 unspecified atom stereocenters. The van der Waals surface area contributed by atoms with Crippen molar-refractivity contribution >= 4 is 175 Å². The van der Waals surface area contributed by atoms with Crippen molar-refractivity contribution in [1.29, 1.82) is 0 Å². The van der Waals surface area contributed by atoms with Gasteiger partial charge < -0.3 is 95.0 Å². The van der Waals surface area contributed by atoms with Gasteiger partial charge in [0.2, 0.25) is 77.7 Å². The van der Waals surface area contributed by atoms with Crippen LogP contribution in [0.15, 0.2) is 122 Å². The van der Waals surface area contributed by atoms with Crippen LogP contribution in [0.1, 0.15) is 177 Å². The number of likely N-dealkylation sites (tertiary alicyclic amines) is 1. The van der Waals surface area contributed by atoms with Crippen molar-refractivity contribution in [1.82, 2.24) is 83.3 Å². The third kappa shape index (κ3) is 36.1. The molecule has 726 valence electrons. The molecule has 15 amide bonds. The highest BCUT2D eigenvalue weighted by atomic mass is 33.1. The Morgan fingerprint density at radius 3 is 1.40 bits per heavy atom. The van der Waals surface area contributed by atoms with Gasteiger partial charge in [0, 0.05) is 79.1 Å². The topological polar surface area (TPSA) is 543 Å². The summed E-state index contributed by atoms with van der Waals surface area (Å²) >= 11 is 0. The standard InChI is InChI=1S/C35H44N6O5S2.C32H44N8O5S2.C25H37N5O7S2/c1-5-25-24(19-23-14-9-10-15-26(23)38-25)31(43)40-28(21-47-48-35(2,3)4)34(46)41-17-11-16-29(41)33(45)39-27(32(44)37-20-30(36)42)18-22-12-7-6-8-13-22;1-7-22-21(12-19-10-8-9-11-23(19)37-22)28(42)39-25(16-46-47-32(4,5)6)30(44)40-27(18(2)3)31(45)38-24(13-20-14-34-17-36-20)29(43)35-15-26(33)41;1-13(2)20(30-22(33)15-7-8-17-18(9-15)37-12-36-17)24(35)29-16(11-38-39-25(4,5)6)23(34)28-14(3)21(32)27-10-19(26)31/h6-10,12-15,19,27-29H,5,11,16-18,20-21H2,1-4H3,(H2,36,42)(H,37,44)(H,39,45)(H,40,43);8-12,14,17-18,24-25,27H,7,13,15-16H2,1-6H3,(H2,33,41)(H,34,36)(H,35,43)(H,38,45)(H,39,42)(H,40,44);7-9,13-14,16,20H,10-12H2,1-6H3,(H2,26,31)(H,27,32)(H,28,34)(H,29,35)(H,30,33)/t27-,28-,29-;24-,25-,27-;14-,16-,20-/m000/s1. The van der Waals surface area contributed by atoms with E-state index in [0.29, 0.717) is 77.5 Å². The lowest BCUT2D eigenvalue weighted by atomic mass is 10.0.